The summed E-state index contributed by atoms with van der Waals surface area (Å²) in [6.07, 6.45) is 0.889. The number of benzene rings is 1. The monoisotopic (exact) mass is 261 g/mol. The first-order valence-corrected chi connectivity index (χ1v) is 6.51. The molecule has 0 aliphatic rings. The summed E-state index contributed by atoms with van der Waals surface area (Å²) >= 11 is 0. The van der Waals surface area contributed by atoms with Crippen LogP contribution >= 0.6 is 0 Å². The number of carbonyl (C=O) groups is 1. The minimum atomic E-state index is -0.173. The standard InChI is InChI=1S/C15H23N3O/c1-11(2)10-12(3)16-17-15(19)13-6-8-14(9-7-13)18(4)5/h6-9,11H,10H2,1-5H3,(H,17,19)/b16-12+. The van der Waals surface area contributed by atoms with Crippen LogP contribution in [0.1, 0.15) is 37.6 Å². The Morgan fingerprint density at radius 3 is 2.32 bits per heavy atom. The first-order valence-electron chi connectivity index (χ1n) is 6.51. The van der Waals surface area contributed by atoms with Crippen molar-refractivity contribution >= 4 is 17.3 Å². The lowest BCUT2D eigenvalue weighted by Gasteiger charge is -2.12. The van der Waals surface area contributed by atoms with Crippen molar-refractivity contribution in [3.63, 3.8) is 0 Å². The lowest BCUT2D eigenvalue weighted by molar-refractivity contribution is 0.0954. The van der Waals surface area contributed by atoms with Crippen molar-refractivity contribution in [1.29, 1.82) is 0 Å². The zero-order valence-corrected chi connectivity index (χ0v) is 12.4. The van der Waals surface area contributed by atoms with Crippen LogP contribution in [-0.2, 0) is 0 Å². The van der Waals surface area contributed by atoms with Gasteiger partial charge in [-0.05, 0) is 43.5 Å². The third kappa shape index (κ3) is 5.12. The van der Waals surface area contributed by atoms with Crippen LogP contribution in [0.2, 0.25) is 0 Å². The highest BCUT2D eigenvalue weighted by molar-refractivity contribution is 5.95. The van der Waals surface area contributed by atoms with Crippen LogP contribution in [0.3, 0.4) is 0 Å². The Balaban J connectivity index is 2.63. The molecule has 0 radical (unpaired) electrons. The molecular weight excluding hydrogens is 238 g/mol. The van der Waals surface area contributed by atoms with Gasteiger partial charge in [0.15, 0.2) is 0 Å². The number of nitrogens with one attached hydrogen (secondary N) is 1. The van der Waals surface area contributed by atoms with E-state index in [1.54, 1.807) is 12.1 Å². The average molecular weight is 261 g/mol. The molecule has 1 aromatic rings. The Labute approximate surface area is 115 Å². The van der Waals surface area contributed by atoms with Crippen LogP contribution < -0.4 is 10.3 Å². The van der Waals surface area contributed by atoms with E-state index in [-0.39, 0.29) is 5.91 Å². The highest BCUT2D eigenvalue weighted by Crippen LogP contribution is 2.12. The second-order valence-corrected chi connectivity index (χ2v) is 5.33. The van der Waals surface area contributed by atoms with Crippen molar-refractivity contribution in [2.75, 3.05) is 19.0 Å². The maximum absolute atomic E-state index is 11.9. The molecule has 0 spiro atoms. The van der Waals surface area contributed by atoms with E-state index in [0.717, 1.165) is 17.8 Å². The van der Waals surface area contributed by atoms with E-state index in [4.69, 9.17) is 0 Å². The topological polar surface area (TPSA) is 44.7 Å². The van der Waals surface area contributed by atoms with Crippen LogP contribution in [-0.4, -0.2) is 25.7 Å². The molecular formula is C15H23N3O. The molecule has 104 valence electrons. The summed E-state index contributed by atoms with van der Waals surface area (Å²) in [5.41, 5.74) is 5.21. The molecule has 1 N–H and O–H groups in total. The fraction of sp³-hybridized carbons (Fsp3) is 0.467. The molecule has 0 unspecified atom stereocenters. The van der Waals surface area contributed by atoms with Crippen molar-refractivity contribution in [3.8, 4) is 0 Å². The van der Waals surface area contributed by atoms with Crippen LogP contribution in [0, 0.1) is 5.92 Å². The normalized spacial score (nSPS) is 11.6. The Bertz CT molecular complexity index is 447. The number of hydrogen-bond donors (Lipinski definition) is 1. The molecule has 0 heterocycles. The molecule has 4 heteroatoms. The summed E-state index contributed by atoms with van der Waals surface area (Å²) in [7, 11) is 3.93. The second-order valence-electron chi connectivity index (χ2n) is 5.33. The molecule has 4 nitrogen and oxygen atoms in total. The van der Waals surface area contributed by atoms with Gasteiger partial charge in [0.1, 0.15) is 0 Å². The SMILES string of the molecule is C/C(CC(C)C)=N\NC(=O)c1ccc(N(C)C)cc1. The molecule has 0 atom stereocenters. The maximum atomic E-state index is 11.9. The largest absolute Gasteiger partial charge is 0.378 e. The van der Waals surface area contributed by atoms with E-state index in [9.17, 15) is 4.79 Å². The Morgan fingerprint density at radius 2 is 1.84 bits per heavy atom. The number of hydrazone groups is 1. The lowest BCUT2D eigenvalue weighted by atomic mass is 10.1. The maximum Gasteiger partial charge on any atom is 0.271 e. The first kappa shape index (κ1) is 15.2. The molecule has 0 aliphatic carbocycles. The highest BCUT2D eigenvalue weighted by atomic mass is 16.2. The second kappa shape index (κ2) is 6.92. The summed E-state index contributed by atoms with van der Waals surface area (Å²) in [5, 5.41) is 4.10. The number of nitrogens with zero attached hydrogens (tertiary/aromatic N) is 2. The zero-order chi connectivity index (χ0) is 14.4. The molecule has 1 aromatic carbocycles. The van der Waals surface area contributed by atoms with Gasteiger partial charge in [0.25, 0.3) is 5.91 Å². The van der Waals surface area contributed by atoms with Crippen molar-refractivity contribution in [3.05, 3.63) is 29.8 Å². The fourth-order valence-corrected chi connectivity index (χ4v) is 1.76. The third-order valence-corrected chi connectivity index (χ3v) is 2.70. The molecule has 0 saturated carbocycles. The quantitative estimate of drug-likeness (QED) is 0.654. The van der Waals surface area contributed by atoms with Gasteiger partial charge in [0.2, 0.25) is 0 Å². The Morgan fingerprint density at radius 1 is 1.26 bits per heavy atom. The van der Waals surface area contributed by atoms with E-state index in [0.29, 0.717) is 11.5 Å². The highest BCUT2D eigenvalue weighted by Gasteiger charge is 2.05. The van der Waals surface area contributed by atoms with E-state index < -0.39 is 0 Å². The van der Waals surface area contributed by atoms with E-state index in [2.05, 4.69) is 24.4 Å². The molecule has 19 heavy (non-hydrogen) atoms. The van der Waals surface area contributed by atoms with Gasteiger partial charge >= 0.3 is 0 Å². The van der Waals surface area contributed by atoms with Crippen LogP contribution in [0.4, 0.5) is 5.69 Å². The number of carbonyl (C=O) groups excluding carboxylic acids is 1. The summed E-state index contributed by atoms with van der Waals surface area (Å²) in [6, 6.07) is 7.44. The minimum Gasteiger partial charge on any atom is -0.378 e. The van der Waals surface area contributed by atoms with Gasteiger partial charge < -0.3 is 4.90 Å². The molecule has 0 saturated heterocycles. The van der Waals surface area contributed by atoms with Gasteiger partial charge in [-0.3, -0.25) is 4.79 Å². The third-order valence-electron chi connectivity index (χ3n) is 2.70. The fourth-order valence-electron chi connectivity index (χ4n) is 1.76. The summed E-state index contributed by atoms with van der Waals surface area (Å²) in [6.45, 7) is 6.18. The predicted octanol–water partition coefficient (Wildman–Crippen LogP) is 2.90. The first-order chi connectivity index (χ1) is 8.90. The number of rotatable bonds is 5. The smallest absolute Gasteiger partial charge is 0.271 e. The molecule has 1 rings (SSSR count). The summed E-state index contributed by atoms with van der Waals surface area (Å²) in [4.78, 5) is 13.9. The zero-order valence-electron chi connectivity index (χ0n) is 12.4. The summed E-state index contributed by atoms with van der Waals surface area (Å²) < 4.78 is 0. The van der Waals surface area contributed by atoms with E-state index in [1.165, 1.54) is 0 Å². The van der Waals surface area contributed by atoms with Gasteiger partial charge in [-0.25, -0.2) is 5.43 Å². The Hall–Kier alpha value is -1.84. The predicted molar refractivity (Wildman–Crippen MR) is 80.8 cm³/mol. The van der Waals surface area contributed by atoms with E-state index >= 15 is 0 Å². The van der Waals surface area contributed by atoms with Gasteiger partial charge in [0.05, 0.1) is 0 Å². The molecule has 0 aliphatic heterocycles. The Kier molecular flexibility index (Phi) is 5.55. The van der Waals surface area contributed by atoms with Crippen molar-refractivity contribution in [2.45, 2.75) is 27.2 Å². The molecule has 0 bridgehead atoms. The van der Waals surface area contributed by atoms with Crippen molar-refractivity contribution in [2.24, 2.45) is 11.0 Å². The lowest BCUT2D eigenvalue weighted by Crippen LogP contribution is -2.19. The van der Waals surface area contributed by atoms with Gasteiger partial charge in [-0.15, -0.1) is 0 Å². The molecule has 0 aromatic heterocycles. The minimum absolute atomic E-state index is 0.173. The van der Waals surface area contributed by atoms with Crippen LogP contribution in [0.15, 0.2) is 29.4 Å². The van der Waals surface area contributed by atoms with Gasteiger partial charge in [0, 0.05) is 31.1 Å². The van der Waals surface area contributed by atoms with Crippen molar-refractivity contribution in [1.82, 2.24) is 5.43 Å². The molecule has 1 amide bonds. The van der Waals surface area contributed by atoms with E-state index in [1.807, 2.05) is 38.1 Å². The summed E-state index contributed by atoms with van der Waals surface area (Å²) in [5.74, 6) is 0.369. The van der Waals surface area contributed by atoms with Gasteiger partial charge in [-0.2, -0.15) is 5.10 Å². The average Bonchev–Trinajstić information content (AvgIpc) is 2.35. The number of amides is 1. The number of hydrogen-bond acceptors (Lipinski definition) is 3. The van der Waals surface area contributed by atoms with Crippen LogP contribution in [0.25, 0.3) is 0 Å². The van der Waals surface area contributed by atoms with Crippen molar-refractivity contribution < 1.29 is 4.79 Å². The molecule has 0 fully saturated rings. The van der Waals surface area contributed by atoms with Crippen LogP contribution in [0.5, 0.6) is 0 Å². The van der Waals surface area contributed by atoms with Gasteiger partial charge in [-0.1, -0.05) is 13.8 Å². The number of anilines is 1.